The van der Waals surface area contributed by atoms with Crippen molar-refractivity contribution in [3.05, 3.63) is 66.0 Å². The third-order valence-electron chi connectivity index (χ3n) is 5.62. The van der Waals surface area contributed by atoms with Crippen LogP contribution in [0.4, 0.5) is 0 Å². The van der Waals surface area contributed by atoms with E-state index in [1.165, 1.54) is 5.56 Å². The number of carbonyl (C=O) groups is 2. The van der Waals surface area contributed by atoms with Gasteiger partial charge in [0.2, 0.25) is 11.8 Å². The van der Waals surface area contributed by atoms with Gasteiger partial charge in [0.15, 0.2) is 0 Å². The normalized spacial score (nSPS) is 17.6. The van der Waals surface area contributed by atoms with Crippen LogP contribution in [0.1, 0.15) is 11.4 Å². The number of imidazole rings is 1. The van der Waals surface area contributed by atoms with Crippen molar-refractivity contribution < 1.29 is 9.59 Å². The summed E-state index contributed by atoms with van der Waals surface area (Å²) in [5, 5.41) is 2.93. The summed E-state index contributed by atoms with van der Waals surface area (Å²) in [6.45, 7) is 3.34. The fraction of sp³-hybridized carbons (Fsp3) is 0.348. The molecule has 0 saturated carbocycles. The zero-order chi connectivity index (χ0) is 21.6. The molecule has 0 unspecified atom stereocenters. The second-order valence-corrected chi connectivity index (χ2v) is 7.91. The van der Waals surface area contributed by atoms with Gasteiger partial charge in [-0.1, -0.05) is 42.5 Å². The Morgan fingerprint density at radius 1 is 1.10 bits per heavy atom. The van der Waals surface area contributed by atoms with Crippen molar-refractivity contribution in [3.8, 4) is 0 Å². The van der Waals surface area contributed by atoms with Gasteiger partial charge in [-0.15, -0.1) is 0 Å². The number of hydrogen-bond acceptors (Lipinski definition) is 5. The van der Waals surface area contributed by atoms with E-state index in [-0.39, 0.29) is 12.5 Å². The molecule has 1 fully saturated rings. The Labute approximate surface area is 181 Å². The summed E-state index contributed by atoms with van der Waals surface area (Å²) in [7, 11) is 0. The third kappa shape index (κ3) is 5.48. The van der Waals surface area contributed by atoms with Crippen LogP contribution in [0.3, 0.4) is 0 Å². The van der Waals surface area contributed by atoms with E-state index in [0.717, 1.165) is 29.9 Å². The van der Waals surface area contributed by atoms with Crippen LogP contribution in [-0.4, -0.2) is 70.3 Å². The van der Waals surface area contributed by atoms with Crippen molar-refractivity contribution >= 4 is 22.8 Å². The van der Waals surface area contributed by atoms with Gasteiger partial charge in [-0.3, -0.25) is 19.4 Å². The van der Waals surface area contributed by atoms with Crippen LogP contribution in [0.25, 0.3) is 11.0 Å². The lowest BCUT2D eigenvalue weighted by molar-refractivity contribution is -0.129. The first-order valence-electron chi connectivity index (χ1n) is 10.6. The number of nitrogens with zero attached hydrogens (tertiary/aromatic N) is 3. The minimum Gasteiger partial charge on any atom is -0.368 e. The van der Waals surface area contributed by atoms with Gasteiger partial charge in [0.1, 0.15) is 11.9 Å². The summed E-state index contributed by atoms with van der Waals surface area (Å²) in [6, 6.07) is 17.5. The summed E-state index contributed by atoms with van der Waals surface area (Å²) >= 11 is 0. The van der Waals surface area contributed by atoms with Gasteiger partial charge >= 0.3 is 0 Å². The van der Waals surface area contributed by atoms with Gasteiger partial charge in [-0.2, -0.15) is 0 Å². The average Bonchev–Trinajstić information content (AvgIpc) is 3.18. The van der Waals surface area contributed by atoms with Crippen molar-refractivity contribution in [1.82, 2.24) is 25.1 Å². The predicted octanol–water partition coefficient (Wildman–Crippen LogP) is 0.893. The Bertz CT molecular complexity index is 1000. The second-order valence-electron chi connectivity index (χ2n) is 7.91. The summed E-state index contributed by atoms with van der Waals surface area (Å²) < 4.78 is 0. The molecular formula is C23H28N6O2. The first-order chi connectivity index (χ1) is 15.1. The monoisotopic (exact) mass is 420 g/mol. The van der Waals surface area contributed by atoms with Gasteiger partial charge in [0, 0.05) is 39.1 Å². The molecule has 2 heterocycles. The molecule has 2 amide bonds. The Morgan fingerprint density at radius 2 is 1.87 bits per heavy atom. The van der Waals surface area contributed by atoms with Crippen molar-refractivity contribution in [1.29, 1.82) is 0 Å². The molecule has 1 aromatic heterocycles. The molecule has 1 atom stereocenters. The number of hydrogen-bond donors (Lipinski definition) is 3. The Hall–Kier alpha value is -3.23. The quantitative estimate of drug-likeness (QED) is 0.502. The number of aromatic amines is 1. The summed E-state index contributed by atoms with van der Waals surface area (Å²) in [5.41, 5.74) is 8.75. The number of primary amides is 1. The number of para-hydroxylation sites is 2. The van der Waals surface area contributed by atoms with Crippen LogP contribution in [-0.2, 0) is 22.6 Å². The van der Waals surface area contributed by atoms with Crippen molar-refractivity contribution in [2.45, 2.75) is 19.0 Å². The number of rotatable bonds is 8. The standard InChI is InChI=1S/C23H28N6O2/c24-23(31)20-15-28(14-17-6-2-1-3-7-17)12-13-29(20)16-22(30)25-11-10-21-26-18-8-4-5-9-19(18)27-21/h1-9,20H,10-16H2,(H2,24,31)(H,25,30)(H,26,27)/t20-/m1/s1. The van der Waals surface area contributed by atoms with Gasteiger partial charge in [0.05, 0.1) is 17.6 Å². The SMILES string of the molecule is NC(=O)[C@H]1CN(Cc2ccccc2)CCN1CC(=O)NCCc1nc2ccccc2[nH]1. The Kier molecular flexibility index (Phi) is 6.59. The summed E-state index contributed by atoms with van der Waals surface area (Å²) in [4.78, 5) is 36.4. The van der Waals surface area contributed by atoms with E-state index >= 15 is 0 Å². The van der Waals surface area contributed by atoms with E-state index < -0.39 is 11.9 Å². The van der Waals surface area contributed by atoms with Crippen molar-refractivity contribution in [3.63, 3.8) is 0 Å². The molecule has 0 radical (unpaired) electrons. The molecule has 162 valence electrons. The first-order valence-corrected chi connectivity index (χ1v) is 10.6. The van der Waals surface area contributed by atoms with Gasteiger partial charge < -0.3 is 16.0 Å². The van der Waals surface area contributed by atoms with Crippen LogP contribution in [0, 0.1) is 0 Å². The van der Waals surface area contributed by atoms with E-state index in [4.69, 9.17) is 5.73 Å². The molecule has 31 heavy (non-hydrogen) atoms. The molecule has 8 nitrogen and oxygen atoms in total. The lowest BCUT2D eigenvalue weighted by Gasteiger charge is -2.39. The smallest absolute Gasteiger partial charge is 0.236 e. The number of amides is 2. The minimum atomic E-state index is -0.474. The maximum absolute atomic E-state index is 12.5. The van der Waals surface area contributed by atoms with Crippen LogP contribution < -0.4 is 11.1 Å². The lowest BCUT2D eigenvalue weighted by Crippen LogP contribution is -2.59. The largest absolute Gasteiger partial charge is 0.368 e. The number of aromatic nitrogens is 2. The van der Waals surface area contributed by atoms with E-state index in [9.17, 15) is 9.59 Å². The predicted molar refractivity (Wildman–Crippen MR) is 119 cm³/mol. The molecule has 0 spiro atoms. The first kappa shape index (κ1) is 21.0. The highest BCUT2D eigenvalue weighted by atomic mass is 16.2. The highest BCUT2D eigenvalue weighted by molar-refractivity contribution is 5.82. The molecule has 4 N–H and O–H groups in total. The Balaban J connectivity index is 1.26. The fourth-order valence-corrected chi connectivity index (χ4v) is 4.01. The van der Waals surface area contributed by atoms with E-state index in [1.807, 2.05) is 47.4 Å². The fourth-order valence-electron chi connectivity index (χ4n) is 4.01. The van der Waals surface area contributed by atoms with Gasteiger partial charge in [-0.05, 0) is 17.7 Å². The molecule has 3 aromatic rings. The molecule has 4 rings (SSSR count). The molecular weight excluding hydrogens is 392 g/mol. The van der Waals surface area contributed by atoms with Crippen LogP contribution >= 0.6 is 0 Å². The maximum atomic E-state index is 12.5. The molecule has 1 aliphatic rings. The number of nitrogens with one attached hydrogen (secondary N) is 2. The van der Waals surface area contributed by atoms with E-state index in [1.54, 1.807) is 0 Å². The van der Waals surface area contributed by atoms with Crippen LogP contribution in [0.2, 0.25) is 0 Å². The number of carbonyl (C=O) groups excluding carboxylic acids is 2. The molecule has 1 saturated heterocycles. The second kappa shape index (κ2) is 9.72. The minimum absolute atomic E-state index is 0.112. The molecule has 8 heteroatoms. The number of nitrogens with two attached hydrogens (primary N) is 1. The highest BCUT2D eigenvalue weighted by Gasteiger charge is 2.32. The number of fused-ring (bicyclic) bond motifs is 1. The topological polar surface area (TPSA) is 107 Å². The summed E-state index contributed by atoms with van der Waals surface area (Å²) in [6.07, 6.45) is 0.616. The average molecular weight is 421 g/mol. The molecule has 0 aliphatic carbocycles. The van der Waals surface area contributed by atoms with E-state index in [2.05, 4.69) is 32.3 Å². The van der Waals surface area contributed by atoms with Gasteiger partial charge in [0.25, 0.3) is 0 Å². The van der Waals surface area contributed by atoms with Crippen molar-refractivity contribution in [2.24, 2.45) is 5.73 Å². The Morgan fingerprint density at radius 3 is 2.65 bits per heavy atom. The lowest BCUT2D eigenvalue weighted by atomic mass is 10.1. The zero-order valence-electron chi connectivity index (χ0n) is 17.5. The van der Waals surface area contributed by atoms with Crippen molar-refractivity contribution in [2.75, 3.05) is 32.7 Å². The zero-order valence-corrected chi connectivity index (χ0v) is 17.5. The van der Waals surface area contributed by atoms with Gasteiger partial charge in [-0.25, -0.2) is 4.98 Å². The number of piperazine rings is 1. The maximum Gasteiger partial charge on any atom is 0.236 e. The molecule has 0 bridgehead atoms. The summed E-state index contributed by atoms with van der Waals surface area (Å²) in [5.74, 6) is 0.331. The van der Waals surface area contributed by atoms with Crippen LogP contribution in [0.5, 0.6) is 0 Å². The number of H-pyrrole nitrogens is 1. The third-order valence-corrected chi connectivity index (χ3v) is 5.62. The van der Waals surface area contributed by atoms with Crippen LogP contribution in [0.15, 0.2) is 54.6 Å². The molecule has 2 aromatic carbocycles. The highest BCUT2D eigenvalue weighted by Crippen LogP contribution is 2.13. The number of benzene rings is 2. The van der Waals surface area contributed by atoms with E-state index in [0.29, 0.717) is 26.1 Å². The molecule has 1 aliphatic heterocycles.